The molecule has 0 radical (unpaired) electrons. The molecule has 0 amide bonds. The first kappa shape index (κ1) is 12.0. The van der Waals surface area contributed by atoms with Crippen LogP contribution in [-0.2, 0) is 19.6 Å². The van der Waals surface area contributed by atoms with Gasteiger partial charge in [-0.3, -0.25) is 0 Å². The van der Waals surface area contributed by atoms with Gasteiger partial charge >= 0.3 is 0 Å². The third kappa shape index (κ3) is 2.36. The fourth-order valence-electron chi connectivity index (χ4n) is 2.52. The average Bonchev–Trinajstić information content (AvgIpc) is 3.05. The maximum absolute atomic E-state index is 8.96. The Hall–Kier alpha value is -1.10. The van der Waals surface area contributed by atoms with Crippen molar-refractivity contribution in [3.8, 4) is 0 Å². The van der Waals surface area contributed by atoms with Crippen molar-refractivity contribution in [2.75, 3.05) is 0 Å². The Labute approximate surface area is 110 Å². The van der Waals surface area contributed by atoms with Crippen LogP contribution in [0, 0.1) is 0 Å². The Kier molecular flexibility index (Phi) is 3.50. The molecule has 1 aliphatic rings. The van der Waals surface area contributed by atoms with Crippen molar-refractivity contribution in [2.45, 2.75) is 38.5 Å². The van der Waals surface area contributed by atoms with Gasteiger partial charge in [0.25, 0.3) is 0 Å². The van der Waals surface area contributed by atoms with Crippen LogP contribution in [0.15, 0.2) is 28.0 Å². The smallest absolute Gasteiger partial charge is 0.129 e. The minimum absolute atomic E-state index is 0.0297. The van der Waals surface area contributed by atoms with E-state index < -0.39 is 0 Å². The monoisotopic (exact) mass is 263 g/mol. The largest absolute Gasteiger partial charge is 0.462 e. The van der Waals surface area contributed by atoms with Crippen LogP contribution in [0.1, 0.15) is 40.8 Å². The van der Waals surface area contributed by atoms with Crippen molar-refractivity contribution in [1.29, 1.82) is 0 Å². The van der Waals surface area contributed by atoms with Crippen LogP contribution in [0.25, 0.3) is 0 Å². The molecule has 0 bridgehead atoms. The summed E-state index contributed by atoms with van der Waals surface area (Å²) in [5.74, 6) is 1.52. The molecule has 1 unspecified atom stereocenters. The van der Waals surface area contributed by atoms with E-state index in [1.165, 1.54) is 29.7 Å². The molecule has 3 nitrogen and oxygen atoms in total. The van der Waals surface area contributed by atoms with E-state index in [1.54, 1.807) is 0 Å². The maximum atomic E-state index is 8.96. The molecule has 1 aliphatic carbocycles. The zero-order valence-electron chi connectivity index (χ0n) is 10.2. The summed E-state index contributed by atoms with van der Waals surface area (Å²) in [5.41, 5.74) is 1.46. The molecule has 0 saturated carbocycles. The molecular formula is C14H17NO2S. The Bertz CT molecular complexity index is 517. The highest BCUT2D eigenvalue weighted by molar-refractivity contribution is 7.10. The van der Waals surface area contributed by atoms with Gasteiger partial charge in [0, 0.05) is 10.9 Å². The first-order valence-electron chi connectivity index (χ1n) is 6.35. The molecule has 96 valence electrons. The molecular weight excluding hydrogens is 246 g/mol. The molecule has 4 heteroatoms. The van der Waals surface area contributed by atoms with Crippen LogP contribution in [-0.4, -0.2) is 5.11 Å². The Morgan fingerprint density at radius 3 is 3.06 bits per heavy atom. The molecule has 2 aromatic heterocycles. The number of rotatable bonds is 4. The molecule has 2 N–H and O–H groups in total. The molecule has 2 heterocycles. The van der Waals surface area contributed by atoms with Crippen LogP contribution >= 0.6 is 11.3 Å². The fraction of sp³-hybridized carbons (Fsp3) is 0.429. The Morgan fingerprint density at radius 2 is 2.22 bits per heavy atom. The number of aryl methyl sites for hydroxylation is 1. The molecule has 1 atom stereocenters. The molecule has 0 saturated heterocycles. The molecule has 18 heavy (non-hydrogen) atoms. The highest BCUT2D eigenvalue weighted by Crippen LogP contribution is 2.33. The molecule has 0 fully saturated rings. The topological polar surface area (TPSA) is 45.4 Å². The number of hydrogen-bond acceptors (Lipinski definition) is 4. The van der Waals surface area contributed by atoms with Crippen molar-refractivity contribution in [2.24, 2.45) is 0 Å². The zero-order valence-corrected chi connectivity index (χ0v) is 11.0. The van der Waals surface area contributed by atoms with E-state index in [4.69, 9.17) is 9.52 Å². The van der Waals surface area contributed by atoms with Gasteiger partial charge in [0.1, 0.15) is 18.1 Å². The predicted molar refractivity (Wildman–Crippen MR) is 71.5 cm³/mol. The summed E-state index contributed by atoms with van der Waals surface area (Å²) in [6.45, 7) is 0.693. The molecule has 0 spiro atoms. The average molecular weight is 263 g/mol. The lowest BCUT2D eigenvalue weighted by molar-refractivity contribution is 0.242. The number of furan rings is 1. The van der Waals surface area contributed by atoms with E-state index in [1.807, 2.05) is 23.5 Å². The summed E-state index contributed by atoms with van der Waals surface area (Å²) in [7, 11) is 0. The standard InChI is InChI=1S/C14H17NO2S/c16-9-11-5-4-10(17-11)8-15-13-2-1-3-14-12(13)6-7-18-14/h4-7,13,15-16H,1-3,8-9H2. The van der Waals surface area contributed by atoms with Gasteiger partial charge in [0.15, 0.2) is 0 Å². The van der Waals surface area contributed by atoms with Gasteiger partial charge < -0.3 is 14.8 Å². The molecule has 3 rings (SSSR count). The van der Waals surface area contributed by atoms with Gasteiger partial charge in [-0.1, -0.05) is 0 Å². The second-order valence-corrected chi connectivity index (χ2v) is 5.65. The van der Waals surface area contributed by atoms with E-state index >= 15 is 0 Å². The van der Waals surface area contributed by atoms with E-state index in [2.05, 4.69) is 16.8 Å². The third-order valence-electron chi connectivity index (χ3n) is 3.45. The zero-order chi connectivity index (χ0) is 12.4. The molecule has 2 aromatic rings. The number of hydrogen-bond donors (Lipinski definition) is 2. The second-order valence-electron chi connectivity index (χ2n) is 4.65. The van der Waals surface area contributed by atoms with E-state index in [0.29, 0.717) is 11.8 Å². The van der Waals surface area contributed by atoms with Crippen LogP contribution in [0.3, 0.4) is 0 Å². The van der Waals surface area contributed by atoms with E-state index in [9.17, 15) is 0 Å². The molecule has 0 aromatic carbocycles. The highest BCUT2D eigenvalue weighted by atomic mass is 32.1. The number of fused-ring (bicyclic) bond motifs is 1. The van der Waals surface area contributed by atoms with E-state index in [-0.39, 0.29) is 6.61 Å². The van der Waals surface area contributed by atoms with E-state index in [0.717, 1.165) is 12.3 Å². The normalized spacial score (nSPS) is 18.8. The summed E-state index contributed by atoms with van der Waals surface area (Å²) in [5, 5.41) is 14.7. The second kappa shape index (κ2) is 5.26. The third-order valence-corrected chi connectivity index (χ3v) is 4.44. The van der Waals surface area contributed by atoms with Gasteiger partial charge in [-0.05, 0) is 48.4 Å². The lowest BCUT2D eigenvalue weighted by Gasteiger charge is -2.23. The number of aliphatic hydroxyl groups excluding tert-OH is 1. The van der Waals surface area contributed by atoms with Gasteiger partial charge in [0.05, 0.1) is 6.54 Å². The SMILES string of the molecule is OCc1ccc(CNC2CCCc3sccc32)o1. The minimum Gasteiger partial charge on any atom is -0.462 e. The Balaban J connectivity index is 1.64. The number of thiophene rings is 1. The van der Waals surface area contributed by atoms with Gasteiger partial charge in [0.2, 0.25) is 0 Å². The van der Waals surface area contributed by atoms with Crippen LogP contribution in [0.4, 0.5) is 0 Å². The number of nitrogens with one attached hydrogen (secondary N) is 1. The summed E-state index contributed by atoms with van der Waals surface area (Å²) in [6, 6.07) is 6.43. The summed E-state index contributed by atoms with van der Waals surface area (Å²) in [6.07, 6.45) is 3.67. The minimum atomic E-state index is -0.0297. The quantitative estimate of drug-likeness (QED) is 0.891. The van der Waals surface area contributed by atoms with Gasteiger partial charge in [-0.25, -0.2) is 0 Å². The van der Waals surface area contributed by atoms with Crippen LogP contribution in [0.2, 0.25) is 0 Å². The number of aliphatic hydroxyl groups is 1. The molecule has 0 aliphatic heterocycles. The van der Waals surface area contributed by atoms with Crippen molar-refractivity contribution >= 4 is 11.3 Å². The summed E-state index contributed by atoms with van der Waals surface area (Å²) >= 11 is 1.86. The first-order chi connectivity index (χ1) is 8.86. The highest BCUT2D eigenvalue weighted by Gasteiger charge is 2.20. The summed E-state index contributed by atoms with van der Waals surface area (Å²) < 4.78 is 5.48. The van der Waals surface area contributed by atoms with Crippen molar-refractivity contribution in [3.05, 3.63) is 45.5 Å². The first-order valence-corrected chi connectivity index (χ1v) is 7.23. The van der Waals surface area contributed by atoms with Crippen LogP contribution in [0.5, 0.6) is 0 Å². The van der Waals surface area contributed by atoms with Crippen molar-refractivity contribution in [3.63, 3.8) is 0 Å². The van der Waals surface area contributed by atoms with Gasteiger partial charge in [-0.2, -0.15) is 0 Å². The van der Waals surface area contributed by atoms with Crippen LogP contribution < -0.4 is 5.32 Å². The van der Waals surface area contributed by atoms with Crippen molar-refractivity contribution in [1.82, 2.24) is 5.32 Å². The fourth-order valence-corrected chi connectivity index (χ4v) is 3.51. The lowest BCUT2D eigenvalue weighted by Crippen LogP contribution is -2.23. The predicted octanol–water partition coefficient (Wildman–Crippen LogP) is 3.00. The Morgan fingerprint density at radius 1 is 1.33 bits per heavy atom. The maximum Gasteiger partial charge on any atom is 0.129 e. The lowest BCUT2D eigenvalue weighted by atomic mass is 9.94. The van der Waals surface area contributed by atoms with Gasteiger partial charge in [-0.15, -0.1) is 11.3 Å². The van der Waals surface area contributed by atoms with Crippen molar-refractivity contribution < 1.29 is 9.52 Å². The summed E-state index contributed by atoms with van der Waals surface area (Å²) in [4.78, 5) is 1.52.